The molecule has 0 saturated carbocycles. The summed E-state index contributed by atoms with van der Waals surface area (Å²) in [6, 6.07) is 56.8. The van der Waals surface area contributed by atoms with Crippen LogP contribution in [-0.2, 0) is 6.42 Å². The minimum atomic E-state index is 0.814. The Morgan fingerprint density at radius 1 is 0.613 bits per heavy atom. The second kappa shape index (κ2) is 20.6. The zero-order valence-electron chi connectivity index (χ0n) is 37.4. The van der Waals surface area contributed by atoms with Crippen molar-refractivity contribution in [3.8, 4) is 22.3 Å². The van der Waals surface area contributed by atoms with Crippen LogP contribution in [-0.4, -0.2) is 5.71 Å². The van der Waals surface area contributed by atoms with Gasteiger partial charge in [0.2, 0.25) is 0 Å². The normalized spacial score (nSPS) is 13.5. The highest BCUT2D eigenvalue weighted by atomic mass is 14.8. The number of hydrogen-bond acceptors (Lipinski definition) is 1. The largest absolute Gasteiger partial charge is 0.248 e. The molecule has 308 valence electrons. The lowest BCUT2D eigenvalue weighted by atomic mass is 9.86. The molecule has 7 aromatic carbocycles. The fraction of sp³-hybridized carbons (Fsp3) is 0.164. The molecule has 62 heavy (non-hydrogen) atoms. The second-order valence-electron chi connectivity index (χ2n) is 16.1. The first-order valence-electron chi connectivity index (χ1n) is 22.2. The molecule has 7 aromatic rings. The van der Waals surface area contributed by atoms with Crippen LogP contribution in [0.15, 0.2) is 205 Å². The summed E-state index contributed by atoms with van der Waals surface area (Å²) in [6.45, 7) is 16.8. The van der Waals surface area contributed by atoms with Crippen molar-refractivity contribution < 1.29 is 0 Å². The van der Waals surface area contributed by atoms with Gasteiger partial charge in [0.15, 0.2) is 0 Å². The fourth-order valence-electron chi connectivity index (χ4n) is 8.31. The molecule has 0 unspecified atom stereocenters. The Balaban J connectivity index is 0.000000186. The van der Waals surface area contributed by atoms with Crippen molar-refractivity contribution in [2.24, 2.45) is 4.99 Å². The first kappa shape index (κ1) is 43.3. The standard InChI is InChI=1S/C34H28.C25H25N.C2H6/c1-23-8-6-7-11-32(23)34-24(2)12-13-30-20-29(18-19-33(30)34)28-17-15-26-14-16-27(21-31(26)22-28)25-9-4-3-5-10-25;1-19-14-16-24(17-15-19)25(18-20(2)22-10-6-4-7-11-22)26-21(3)23-12-8-5-9-13-23;1-2/h3-13,15,17-22H,14,16H2,1-2H3;4,6-8,10-18H,3,5,9H2,1-2H3;1-2H3/b;20-18+,26-25?;. The van der Waals surface area contributed by atoms with Crippen LogP contribution in [0.1, 0.15) is 84.5 Å². The zero-order valence-corrected chi connectivity index (χ0v) is 37.4. The Hall–Kier alpha value is -6.83. The van der Waals surface area contributed by atoms with E-state index in [9.17, 15) is 0 Å². The second-order valence-corrected chi connectivity index (χ2v) is 16.1. The van der Waals surface area contributed by atoms with E-state index in [-0.39, 0.29) is 0 Å². The van der Waals surface area contributed by atoms with Gasteiger partial charge in [-0.1, -0.05) is 196 Å². The van der Waals surface area contributed by atoms with Crippen molar-refractivity contribution in [1.29, 1.82) is 0 Å². The summed E-state index contributed by atoms with van der Waals surface area (Å²) in [5, 5.41) is 2.61. The number of benzene rings is 7. The van der Waals surface area contributed by atoms with Crippen molar-refractivity contribution in [3.05, 3.63) is 244 Å². The van der Waals surface area contributed by atoms with Crippen LogP contribution in [0.2, 0.25) is 0 Å². The summed E-state index contributed by atoms with van der Waals surface area (Å²) in [5.74, 6) is 0. The number of fused-ring (bicyclic) bond motifs is 2. The molecule has 1 nitrogen and oxygen atoms in total. The number of nitrogens with zero attached hydrogens (tertiary/aromatic N) is 1. The highest BCUT2D eigenvalue weighted by molar-refractivity contribution is 6.12. The molecule has 0 bridgehead atoms. The van der Waals surface area contributed by atoms with E-state index in [0.717, 1.165) is 48.2 Å². The molecule has 0 saturated heterocycles. The first-order valence-corrected chi connectivity index (χ1v) is 22.2. The Morgan fingerprint density at radius 2 is 1.31 bits per heavy atom. The van der Waals surface area contributed by atoms with E-state index in [2.05, 4.69) is 216 Å². The average Bonchev–Trinajstić information content (AvgIpc) is 3.33. The van der Waals surface area contributed by atoms with E-state index < -0.39 is 0 Å². The molecule has 0 radical (unpaired) electrons. The first-order chi connectivity index (χ1) is 30.3. The van der Waals surface area contributed by atoms with E-state index in [1.54, 1.807) is 0 Å². The Bertz CT molecular complexity index is 2820. The van der Waals surface area contributed by atoms with E-state index in [1.165, 1.54) is 83.1 Å². The third kappa shape index (κ3) is 10.4. The molecule has 9 rings (SSSR count). The van der Waals surface area contributed by atoms with Gasteiger partial charge in [-0.15, -0.1) is 0 Å². The summed E-state index contributed by atoms with van der Waals surface area (Å²) < 4.78 is 0. The molecule has 0 amide bonds. The smallest absolute Gasteiger partial charge is 0.0712 e. The van der Waals surface area contributed by atoms with Crippen molar-refractivity contribution >= 4 is 33.7 Å². The molecule has 0 fully saturated rings. The molecule has 2 aliphatic carbocycles. The van der Waals surface area contributed by atoms with Gasteiger partial charge in [-0.25, -0.2) is 4.99 Å². The SMILES string of the molecule is C=C(N=C(/C=C(\C)c1ccccc1)c1ccc(C)cc1)C1=CCCC=C1.CC.Cc1ccccc1-c1c(C)ccc2cc(-c3ccc4c(c3)C=C(c3ccccc3)CC4)ccc12. The van der Waals surface area contributed by atoms with Crippen molar-refractivity contribution in [3.63, 3.8) is 0 Å². The van der Waals surface area contributed by atoms with Crippen LogP contribution in [0.3, 0.4) is 0 Å². The number of allylic oxidation sites excluding steroid dienone is 6. The van der Waals surface area contributed by atoms with Crippen molar-refractivity contribution in [2.75, 3.05) is 0 Å². The molecule has 0 spiro atoms. The predicted octanol–water partition coefficient (Wildman–Crippen LogP) is 17.0. The molecule has 1 heteroatoms. The van der Waals surface area contributed by atoms with Crippen LogP contribution in [0.5, 0.6) is 0 Å². The molecule has 2 aliphatic rings. The highest BCUT2D eigenvalue weighted by Crippen LogP contribution is 2.37. The van der Waals surface area contributed by atoms with Gasteiger partial charge >= 0.3 is 0 Å². The average molecular weight is 806 g/mol. The van der Waals surface area contributed by atoms with Gasteiger partial charge in [-0.2, -0.15) is 0 Å². The Morgan fingerprint density at radius 3 is 2.03 bits per heavy atom. The minimum Gasteiger partial charge on any atom is -0.248 e. The topological polar surface area (TPSA) is 12.4 Å². The molecule has 0 heterocycles. The lowest BCUT2D eigenvalue weighted by molar-refractivity contribution is 1.00. The molecule has 0 atom stereocenters. The van der Waals surface area contributed by atoms with Crippen LogP contribution in [0.4, 0.5) is 0 Å². The Kier molecular flexibility index (Phi) is 14.4. The summed E-state index contributed by atoms with van der Waals surface area (Å²) in [4.78, 5) is 4.89. The molecular weight excluding hydrogens is 747 g/mol. The quantitative estimate of drug-likeness (QED) is 0.136. The van der Waals surface area contributed by atoms with Crippen LogP contribution < -0.4 is 0 Å². The van der Waals surface area contributed by atoms with Gasteiger partial charge in [0.1, 0.15) is 0 Å². The zero-order chi connectivity index (χ0) is 43.4. The summed E-state index contributed by atoms with van der Waals surface area (Å²) in [5.41, 5.74) is 21.0. The summed E-state index contributed by atoms with van der Waals surface area (Å²) >= 11 is 0. The number of aliphatic imine (C=N–C) groups is 1. The van der Waals surface area contributed by atoms with Gasteiger partial charge in [-0.05, 0) is 155 Å². The van der Waals surface area contributed by atoms with Crippen LogP contribution in [0.25, 0.3) is 50.2 Å². The number of aryl methyl sites for hydroxylation is 4. The number of hydrogen-bond donors (Lipinski definition) is 0. The van der Waals surface area contributed by atoms with Gasteiger partial charge in [-0.3, -0.25) is 0 Å². The third-order valence-corrected chi connectivity index (χ3v) is 11.8. The molecule has 0 aromatic heterocycles. The van der Waals surface area contributed by atoms with Gasteiger partial charge < -0.3 is 0 Å². The van der Waals surface area contributed by atoms with Gasteiger partial charge in [0.05, 0.1) is 11.4 Å². The summed E-state index contributed by atoms with van der Waals surface area (Å²) in [6.07, 6.45) is 15.4. The van der Waals surface area contributed by atoms with E-state index in [0.29, 0.717) is 0 Å². The summed E-state index contributed by atoms with van der Waals surface area (Å²) in [7, 11) is 0. The maximum absolute atomic E-state index is 4.89. The van der Waals surface area contributed by atoms with E-state index in [1.807, 2.05) is 19.9 Å². The lowest BCUT2D eigenvalue weighted by Crippen LogP contribution is -2.00. The highest BCUT2D eigenvalue weighted by Gasteiger charge is 2.15. The van der Waals surface area contributed by atoms with E-state index >= 15 is 0 Å². The lowest BCUT2D eigenvalue weighted by Gasteiger charge is -2.18. The van der Waals surface area contributed by atoms with E-state index in [4.69, 9.17) is 4.99 Å². The van der Waals surface area contributed by atoms with Crippen molar-refractivity contribution in [1.82, 2.24) is 0 Å². The van der Waals surface area contributed by atoms with Gasteiger partial charge in [0, 0.05) is 5.56 Å². The van der Waals surface area contributed by atoms with Crippen LogP contribution >= 0.6 is 0 Å². The molecule has 0 N–H and O–H groups in total. The molecular formula is C61H59N. The van der Waals surface area contributed by atoms with Crippen molar-refractivity contribution in [2.45, 2.75) is 67.2 Å². The predicted molar refractivity (Wildman–Crippen MR) is 272 cm³/mol. The fourth-order valence-corrected chi connectivity index (χ4v) is 8.31. The Labute approximate surface area is 371 Å². The third-order valence-electron chi connectivity index (χ3n) is 11.8. The minimum absolute atomic E-state index is 0.814. The maximum atomic E-state index is 4.89. The van der Waals surface area contributed by atoms with Crippen LogP contribution in [0, 0.1) is 20.8 Å². The molecule has 0 aliphatic heterocycles. The van der Waals surface area contributed by atoms with Gasteiger partial charge in [0.25, 0.3) is 0 Å². The monoisotopic (exact) mass is 805 g/mol. The maximum Gasteiger partial charge on any atom is 0.0712 e. The number of rotatable bonds is 8.